The van der Waals surface area contributed by atoms with Gasteiger partial charge in [0, 0.05) is 6.42 Å². The molecular weight excluding hydrogens is 398 g/mol. The van der Waals surface area contributed by atoms with E-state index in [0.717, 1.165) is 11.1 Å². The van der Waals surface area contributed by atoms with Gasteiger partial charge in [-0.15, -0.1) is 0 Å². The Kier molecular flexibility index (Phi) is 6.68. The Balaban J connectivity index is 1.69. The Hall–Kier alpha value is -3.29. The highest BCUT2D eigenvalue weighted by Gasteiger charge is 2.37. The first kappa shape index (κ1) is 22.4. The molecule has 1 aromatic carbocycles. The Morgan fingerprint density at radius 2 is 1.87 bits per heavy atom. The fraction of sp³-hybridized carbons (Fsp3) is 0.435. The van der Waals surface area contributed by atoms with Crippen molar-refractivity contribution in [3.8, 4) is 0 Å². The van der Waals surface area contributed by atoms with E-state index in [1.807, 2.05) is 24.3 Å². The molecule has 8 heteroatoms. The molecule has 1 aliphatic rings. The van der Waals surface area contributed by atoms with E-state index in [1.54, 1.807) is 39.8 Å². The van der Waals surface area contributed by atoms with Crippen molar-refractivity contribution in [2.24, 2.45) is 0 Å². The topological polar surface area (TPSA) is 101 Å². The molecule has 0 radical (unpaired) electrons. The van der Waals surface area contributed by atoms with E-state index in [4.69, 9.17) is 9.15 Å². The van der Waals surface area contributed by atoms with Crippen LogP contribution in [0, 0.1) is 0 Å². The Bertz CT molecular complexity index is 933. The molecule has 2 heterocycles. The Morgan fingerprint density at radius 1 is 1.16 bits per heavy atom. The number of rotatable bonds is 5. The van der Waals surface area contributed by atoms with Gasteiger partial charge in [-0.3, -0.25) is 14.5 Å². The summed E-state index contributed by atoms with van der Waals surface area (Å²) < 4.78 is 10.7. The number of amides is 3. The van der Waals surface area contributed by atoms with E-state index in [9.17, 15) is 14.4 Å². The van der Waals surface area contributed by atoms with Crippen LogP contribution in [0.3, 0.4) is 0 Å². The number of nitrogens with one attached hydrogen (secondary N) is 2. The van der Waals surface area contributed by atoms with E-state index < -0.39 is 29.7 Å². The molecule has 0 aliphatic carbocycles. The van der Waals surface area contributed by atoms with E-state index in [-0.39, 0.29) is 19.0 Å². The maximum Gasteiger partial charge on any atom is 0.411 e. The number of nitrogens with zero attached hydrogens (tertiary/aromatic N) is 1. The van der Waals surface area contributed by atoms with Crippen LogP contribution in [0.4, 0.5) is 4.79 Å². The number of carbonyl (C=O) groups excluding carboxylic acids is 3. The quantitative estimate of drug-likeness (QED) is 0.764. The first-order valence-electron chi connectivity index (χ1n) is 10.3. The maximum atomic E-state index is 13.1. The normalized spacial score (nSPS) is 16.8. The molecule has 2 atom stereocenters. The van der Waals surface area contributed by atoms with Gasteiger partial charge in [0.15, 0.2) is 0 Å². The number of hydrogen-bond acceptors (Lipinski definition) is 5. The molecule has 0 spiro atoms. The van der Waals surface area contributed by atoms with Crippen molar-refractivity contribution < 1.29 is 23.5 Å². The van der Waals surface area contributed by atoms with Gasteiger partial charge in [0.05, 0.1) is 19.4 Å². The molecule has 0 fully saturated rings. The standard InChI is InChI=1S/C23H29N3O5/c1-15(20(27)24-13-18-10-7-11-30-18)25-21(28)19-12-16-8-5-6-9-17(16)14-26(19)22(29)31-23(2,3)4/h5-11,15,19H,12-14H2,1-4H3,(H,24,27)(H,25,28)/t15-,19+/m1/s1. The van der Waals surface area contributed by atoms with Gasteiger partial charge in [-0.1, -0.05) is 24.3 Å². The molecule has 3 rings (SSSR count). The summed E-state index contributed by atoms with van der Waals surface area (Å²) in [6, 6.07) is 9.62. The largest absolute Gasteiger partial charge is 0.467 e. The Labute approximate surface area is 181 Å². The predicted octanol–water partition coefficient (Wildman–Crippen LogP) is 2.76. The zero-order chi connectivity index (χ0) is 22.6. The molecule has 31 heavy (non-hydrogen) atoms. The number of hydrogen-bond donors (Lipinski definition) is 2. The molecule has 3 amide bonds. The van der Waals surface area contributed by atoms with E-state index >= 15 is 0 Å². The molecule has 8 nitrogen and oxygen atoms in total. The van der Waals surface area contributed by atoms with Crippen LogP contribution in [-0.4, -0.2) is 40.5 Å². The lowest BCUT2D eigenvalue weighted by molar-refractivity contribution is -0.132. The number of benzene rings is 1. The number of furan rings is 1. The zero-order valence-corrected chi connectivity index (χ0v) is 18.3. The van der Waals surface area contributed by atoms with Crippen molar-refractivity contribution in [1.82, 2.24) is 15.5 Å². The number of ether oxygens (including phenoxy) is 1. The molecule has 1 aliphatic heterocycles. The summed E-state index contributed by atoms with van der Waals surface area (Å²) in [5.74, 6) is -0.127. The number of fused-ring (bicyclic) bond motifs is 1. The van der Waals surface area contributed by atoms with Gasteiger partial charge in [-0.05, 0) is 51.0 Å². The second-order valence-corrected chi connectivity index (χ2v) is 8.62. The minimum Gasteiger partial charge on any atom is -0.467 e. The van der Waals surface area contributed by atoms with Crippen LogP contribution in [0.1, 0.15) is 44.6 Å². The van der Waals surface area contributed by atoms with Crippen LogP contribution in [0.25, 0.3) is 0 Å². The third kappa shape index (κ3) is 5.87. The lowest BCUT2D eigenvalue weighted by atomic mass is 9.93. The summed E-state index contributed by atoms with van der Waals surface area (Å²) in [7, 11) is 0. The van der Waals surface area contributed by atoms with Crippen molar-refractivity contribution in [1.29, 1.82) is 0 Å². The minimum atomic E-state index is -0.778. The van der Waals surface area contributed by atoms with E-state index in [2.05, 4.69) is 10.6 Å². The minimum absolute atomic E-state index is 0.229. The molecule has 2 aromatic rings. The summed E-state index contributed by atoms with van der Waals surface area (Å²) >= 11 is 0. The third-order valence-corrected chi connectivity index (χ3v) is 4.95. The van der Waals surface area contributed by atoms with E-state index in [0.29, 0.717) is 12.2 Å². The van der Waals surface area contributed by atoms with Crippen LogP contribution in [0.2, 0.25) is 0 Å². The Morgan fingerprint density at radius 3 is 2.52 bits per heavy atom. The second kappa shape index (κ2) is 9.24. The van der Waals surface area contributed by atoms with Crippen molar-refractivity contribution in [2.45, 2.75) is 64.9 Å². The van der Waals surface area contributed by atoms with Crippen LogP contribution < -0.4 is 10.6 Å². The predicted molar refractivity (Wildman–Crippen MR) is 114 cm³/mol. The lowest BCUT2D eigenvalue weighted by Gasteiger charge is -2.37. The van der Waals surface area contributed by atoms with Gasteiger partial charge in [-0.2, -0.15) is 0 Å². The SMILES string of the molecule is C[C@@H](NC(=O)[C@@H]1Cc2ccccc2CN1C(=O)OC(C)(C)C)C(=O)NCc1ccco1. The average molecular weight is 428 g/mol. The van der Waals surface area contributed by atoms with Gasteiger partial charge in [-0.25, -0.2) is 4.79 Å². The van der Waals surface area contributed by atoms with Gasteiger partial charge in [0.25, 0.3) is 0 Å². The van der Waals surface area contributed by atoms with E-state index in [1.165, 1.54) is 11.2 Å². The highest BCUT2D eigenvalue weighted by Crippen LogP contribution is 2.25. The average Bonchev–Trinajstić information content (AvgIpc) is 3.23. The molecule has 0 saturated carbocycles. The lowest BCUT2D eigenvalue weighted by Crippen LogP contribution is -2.56. The summed E-state index contributed by atoms with van der Waals surface area (Å²) in [5.41, 5.74) is 1.28. The van der Waals surface area contributed by atoms with Crippen LogP contribution >= 0.6 is 0 Å². The van der Waals surface area contributed by atoms with Crippen molar-refractivity contribution in [2.75, 3.05) is 0 Å². The fourth-order valence-electron chi connectivity index (χ4n) is 3.39. The van der Waals surface area contributed by atoms with Crippen LogP contribution in [0.15, 0.2) is 47.1 Å². The highest BCUT2D eigenvalue weighted by atomic mass is 16.6. The van der Waals surface area contributed by atoms with Crippen molar-refractivity contribution in [3.05, 3.63) is 59.5 Å². The first-order valence-corrected chi connectivity index (χ1v) is 10.3. The van der Waals surface area contributed by atoms with Crippen molar-refractivity contribution >= 4 is 17.9 Å². The molecule has 0 unspecified atom stereocenters. The smallest absolute Gasteiger partial charge is 0.411 e. The zero-order valence-electron chi connectivity index (χ0n) is 18.3. The molecular formula is C23H29N3O5. The van der Waals surface area contributed by atoms with Crippen molar-refractivity contribution in [3.63, 3.8) is 0 Å². The van der Waals surface area contributed by atoms with Gasteiger partial charge in [0.1, 0.15) is 23.4 Å². The summed E-state index contributed by atoms with van der Waals surface area (Å²) in [4.78, 5) is 39.7. The van der Waals surface area contributed by atoms with Crippen LogP contribution in [0.5, 0.6) is 0 Å². The molecule has 1 aromatic heterocycles. The summed E-state index contributed by atoms with van der Waals surface area (Å²) in [6.45, 7) is 7.44. The molecule has 2 N–H and O–H groups in total. The molecule has 166 valence electrons. The van der Waals surface area contributed by atoms with Gasteiger partial charge in [0.2, 0.25) is 11.8 Å². The van der Waals surface area contributed by atoms with Crippen LogP contribution in [-0.2, 0) is 33.8 Å². The fourth-order valence-corrected chi connectivity index (χ4v) is 3.39. The second-order valence-electron chi connectivity index (χ2n) is 8.62. The number of carbonyl (C=O) groups is 3. The van der Waals surface area contributed by atoms with Gasteiger partial charge >= 0.3 is 6.09 Å². The summed E-state index contributed by atoms with van der Waals surface area (Å²) in [6.07, 6.45) is 1.32. The highest BCUT2D eigenvalue weighted by molar-refractivity contribution is 5.91. The molecule has 0 bridgehead atoms. The monoisotopic (exact) mass is 427 g/mol. The molecule has 0 saturated heterocycles. The summed E-state index contributed by atoms with van der Waals surface area (Å²) in [5, 5.41) is 5.45. The third-order valence-electron chi connectivity index (χ3n) is 4.95. The van der Waals surface area contributed by atoms with Gasteiger partial charge < -0.3 is 19.8 Å². The first-order chi connectivity index (χ1) is 14.6. The maximum absolute atomic E-state index is 13.1.